The Morgan fingerprint density at radius 3 is 2.48 bits per heavy atom. The van der Waals surface area contributed by atoms with Gasteiger partial charge in [0.25, 0.3) is 5.91 Å². The van der Waals surface area contributed by atoms with Crippen LogP contribution >= 0.6 is 11.6 Å². The third-order valence-electron chi connectivity index (χ3n) is 3.39. The standard InChI is InChI=1S/C17H11ClN4O/c18-11-5-7-12(8-6-11)22(10-19)16(23)9-15-13-3-1-2-4-14(13)17(20)21-15/h1-9H,(H2,20,21). The van der Waals surface area contributed by atoms with Gasteiger partial charge in [0.05, 0.1) is 11.4 Å². The Hall–Kier alpha value is -3.10. The van der Waals surface area contributed by atoms with Crippen LogP contribution in [0, 0.1) is 11.5 Å². The van der Waals surface area contributed by atoms with Gasteiger partial charge in [0.15, 0.2) is 6.19 Å². The molecule has 2 N–H and O–H groups in total. The third kappa shape index (κ3) is 2.80. The van der Waals surface area contributed by atoms with Crippen LogP contribution < -0.4 is 10.6 Å². The Morgan fingerprint density at radius 2 is 1.83 bits per heavy atom. The highest BCUT2D eigenvalue weighted by Gasteiger charge is 2.20. The summed E-state index contributed by atoms with van der Waals surface area (Å²) < 4.78 is 0. The highest BCUT2D eigenvalue weighted by Crippen LogP contribution is 2.27. The van der Waals surface area contributed by atoms with E-state index in [-0.39, 0.29) is 0 Å². The molecule has 6 heteroatoms. The van der Waals surface area contributed by atoms with E-state index < -0.39 is 5.91 Å². The number of aliphatic imine (C=N–C) groups is 1. The molecule has 1 aliphatic heterocycles. The van der Waals surface area contributed by atoms with Crippen molar-refractivity contribution >= 4 is 34.7 Å². The molecule has 2 aromatic rings. The number of halogens is 1. The molecule has 1 aliphatic rings. The lowest BCUT2D eigenvalue weighted by Gasteiger charge is -2.11. The van der Waals surface area contributed by atoms with E-state index >= 15 is 0 Å². The van der Waals surface area contributed by atoms with E-state index in [1.54, 1.807) is 24.3 Å². The van der Waals surface area contributed by atoms with Crippen molar-refractivity contribution in [2.45, 2.75) is 0 Å². The SMILES string of the molecule is N#CN(C(=O)C=C1N=C(N)c2ccccc21)c1ccc(Cl)cc1. The molecule has 2 aromatic carbocycles. The summed E-state index contributed by atoms with van der Waals surface area (Å²) in [5.41, 5.74) is 8.28. The van der Waals surface area contributed by atoms with Gasteiger partial charge in [0.1, 0.15) is 5.84 Å². The summed E-state index contributed by atoms with van der Waals surface area (Å²) in [6.07, 6.45) is 3.17. The van der Waals surface area contributed by atoms with Crippen LogP contribution in [0.25, 0.3) is 5.70 Å². The van der Waals surface area contributed by atoms with Crippen LogP contribution in [0.1, 0.15) is 11.1 Å². The minimum Gasteiger partial charge on any atom is -0.383 e. The fourth-order valence-corrected chi connectivity index (χ4v) is 2.42. The molecule has 0 aromatic heterocycles. The smallest absolute Gasteiger partial charge is 0.266 e. The van der Waals surface area contributed by atoms with Crippen LogP contribution in [-0.4, -0.2) is 11.7 Å². The molecule has 0 aliphatic carbocycles. The summed E-state index contributed by atoms with van der Waals surface area (Å²) >= 11 is 5.82. The summed E-state index contributed by atoms with van der Waals surface area (Å²) in [5.74, 6) is -0.146. The normalized spacial score (nSPS) is 14.1. The number of hydrogen-bond acceptors (Lipinski definition) is 4. The number of nitrogens with two attached hydrogens (primary N) is 1. The molecule has 0 fully saturated rings. The number of amides is 1. The number of carbonyl (C=O) groups excluding carboxylic acids is 1. The second-order valence-electron chi connectivity index (χ2n) is 4.82. The lowest BCUT2D eigenvalue weighted by atomic mass is 10.1. The zero-order valence-electron chi connectivity index (χ0n) is 11.9. The number of anilines is 1. The van der Waals surface area contributed by atoms with Crippen molar-refractivity contribution in [2.24, 2.45) is 10.7 Å². The van der Waals surface area contributed by atoms with Crippen LogP contribution in [0.3, 0.4) is 0 Å². The van der Waals surface area contributed by atoms with Gasteiger partial charge in [-0.05, 0) is 24.3 Å². The van der Waals surface area contributed by atoms with Crippen molar-refractivity contribution in [3.8, 4) is 6.19 Å². The highest BCUT2D eigenvalue weighted by atomic mass is 35.5. The number of carbonyl (C=O) groups is 1. The van der Waals surface area contributed by atoms with Crippen molar-refractivity contribution in [3.63, 3.8) is 0 Å². The van der Waals surface area contributed by atoms with E-state index in [1.807, 2.05) is 30.5 Å². The largest absolute Gasteiger partial charge is 0.383 e. The van der Waals surface area contributed by atoms with E-state index in [2.05, 4.69) is 4.99 Å². The Balaban J connectivity index is 1.95. The van der Waals surface area contributed by atoms with Gasteiger partial charge < -0.3 is 5.73 Å². The van der Waals surface area contributed by atoms with Gasteiger partial charge in [-0.3, -0.25) is 4.79 Å². The van der Waals surface area contributed by atoms with Gasteiger partial charge in [-0.2, -0.15) is 5.26 Å². The quantitative estimate of drug-likeness (QED) is 0.524. The molecule has 0 unspecified atom stereocenters. The van der Waals surface area contributed by atoms with Crippen LogP contribution in [0.2, 0.25) is 5.02 Å². The lowest BCUT2D eigenvalue weighted by molar-refractivity contribution is -0.113. The average Bonchev–Trinajstić information content (AvgIpc) is 2.86. The van der Waals surface area contributed by atoms with Crippen molar-refractivity contribution < 1.29 is 4.79 Å². The fourth-order valence-electron chi connectivity index (χ4n) is 2.30. The van der Waals surface area contributed by atoms with E-state index in [0.29, 0.717) is 22.2 Å². The number of rotatable bonds is 2. The molecule has 0 atom stereocenters. The minimum absolute atomic E-state index is 0.356. The number of nitriles is 1. The summed E-state index contributed by atoms with van der Waals surface area (Å²) in [6.45, 7) is 0. The number of fused-ring (bicyclic) bond motifs is 1. The third-order valence-corrected chi connectivity index (χ3v) is 3.64. The summed E-state index contributed by atoms with van der Waals surface area (Å²) in [5, 5.41) is 9.80. The number of nitrogens with zero attached hydrogens (tertiary/aromatic N) is 3. The fraction of sp³-hybridized carbons (Fsp3) is 0. The van der Waals surface area contributed by atoms with Crippen molar-refractivity contribution in [1.82, 2.24) is 0 Å². The molecule has 112 valence electrons. The molecule has 1 heterocycles. The number of hydrogen-bond donors (Lipinski definition) is 1. The van der Waals surface area contributed by atoms with E-state index in [4.69, 9.17) is 17.3 Å². The molecule has 3 rings (SSSR count). The molecule has 0 bridgehead atoms. The Labute approximate surface area is 137 Å². The molecule has 0 spiro atoms. The lowest BCUT2D eigenvalue weighted by Crippen LogP contribution is -2.23. The van der Waals surface area contributed by atoms with Gasteiger partial charge in [-0.25, -0.2) is 9.89 Å². The molecular weight excluding hydrogens is 312 g/mol. The van der Waals surface area contributed by atoms with Gasteiger partial charge in [0.2, 0.25) is 0 Å². The maximum atomic E-state index is 12.4. The molecule has 23 heavy (non-hydrogen) atoms. The first-order valence-electron chi connectivity index (χ1n) is 6.75. The van der Waals surface area contributed by atoms with Crippen LogP contribution in [0.15, 0.2) is 59.6 Å². The Kier molecular flexibility index (Phi) is 3.83. The first-order valence-corrected chi connectivity index (χ1v) is 7.13. The zero-order chi connectivity index (χ0) is 16.4. The number of benzene rings is 2. The molecule has 5 nitrogen and oxygen atoms in total. The molecule has 0 saturated carbocycles. The predicted octanol–water partition coefficient (Wildman–Crippen LogP) is 2.91. The monoisotopic (exact) mass is 322 g/mol. The van der Waals surface area contributed by atoms with E-state index in [1.165, 1.54) is 6.08 Å². The van der Waals surface area contributed by atoms with Gasteiger partial charge in [-0.15, -0.1) is 0 Å². The second kappa shape index (κ2) is 5.95. The predicted molar refractivity (Wildman–Crippen MR) is 89.7 cm³/mol. The molecule has 0 saturated heterocycles. The molecule has 0 radical (unpaired) electrons. The Bertz CT molecular complexity index is 878. The van der Waals surface area contributed by atoms with Crippen molar-refractivity contribution in [3.05, 3.63) is 70.8 Å². The summed E-state index contributed by atoms with van der Waals surface area (Å²) in [7, 11) is 0. The second-order valence-corrected chi connectivity index (χ2v) is 5.26. The van der Waals surface area contributed by atoms with Crippen molar-refractivity contribution in [2.75, 3.05) is 4.90 Å². The van der Waals surface area contributed by atoms with Gasteiger partial charge in [0, 0.05) is 22.2 Å². The zero-order valence-corrected chi connectivity index (χ0v) is 12.7. The minimum atomic E-state index is -0.502. The van der Waals surface area contributed by atoms with Crippen molar-refractivity contribution in [1.29, 1.82) is 5.26 Å². The average molecular weight is 323 g/mol. The van der Waals surface area contributed by atoms with Crippen LogP contribution in [-0.2, 0) is 4.79 Å². The summed E-state index contributed by atoms with van der Waals surface area (Å²) in [4.78, 5) is 17.6. The highest BCUT2D eigenvalue weighted by molar-refractivity contribution is 6.30. The molecular formula is C17H11ClN4O. The van der Waals surface area contributed by atoms with E-state index in [0.717, 1.165) is 16.0 Å². The summed E-state index contributed by atoms with van der Waals surface area (Å²) in [6, 6.07) is 13.8. The molecule has 1 amide bonds. The van der Waals surface area contributed by atoms with E-state index in [9.17, 15) is 10.1 Å². The maximum Gasteiger partial charge on any atom is 0.266 e. The first kappa shape index (κ1) is 14.8. The first-order chi connectivity index (χ1) is 11.1. The van der Waals surface area contributed by atoms with Gasteiger partial charge >= 0.3 is 0 Å². The Morgan fingerprint density at radius 1 is 1.17 bits per heavy atom. The van der Waals surface area contributed by atoms with Crippen LogP contribution in [0.4, 0.5) is 5.69 Å². The topological polar surface area (TPSA) is 82.5 Å². The number of amidine groups is 1. The maximum absolute atomic E-state index is 12.4. The van der Waals surface area contributed by atoms with Crippen LogP contribution in [0.5, 0.6) is 0 Å². The van der Waals surface area contributed by atoms with Gasteiger partial charge in [-0.1, -0.05) is 35.9 Å².